The summed E-state index contributed by atoms with van der Waals surface area (Å²) in [6, 6.07) is 5.27. The highest BCUT2D eigenvalue weighted by atomic mass is 19.1. The van der Waals surface area contributed by atoms with Crippen LogP contribution in [0.4, 0.5) is 14.7 Å². The number of aliphatic hydroxyl groups is 2. The molecule has 4 heterocycles. The normalized spacial score (nSPS) is 26.7. The number of anilines is 1. The number of aliphatic hydroxyl groups excluding tert-OH is 2. The number of nitrogens with zero attached hydrogens (tertiary/aromatic N) is 4. The first-order valence-corrected chi connectivity index (χ1v) is 13.2. The molecule has 0 saturated carbocycles. The van der Waals surface area contributed by atoms with E-state index in [1.54, 1.807) is 6.07 Å². The van der Waals surface area contributed by atoms with Crippen LogP contribution in [0.25, 0.3) is 22.2 Å². The maximum Gasteiger partial charge on any atom is 0.223 e. The lowest BCUT2D eigenvalue weighted by molar-refractivity contribution is -0.0592. The van der Waals surface area contributed by atoms with Crippen LogP contribution >= 0.6 is 0 Å². The van der Waals surface area contributed by atoms with Crippen LogP contribution in [0.2, 0.25) is 0 Å². The molecule has 1 aromatic carbocycles. The molecule has 4 atom stereocenters. The number of alkyl halides is 1. The number of pyridine rings is 1. The van der Waals surface area contributed by atoms with Gasteiger partial charge in [0, 0.05) is 43.4 Å². The summed E-state index contributed by atoms with van der Waals surface area (Å²) in [7, 11) is 0. The predicted molar refractivity (Wildman–Crippen MR) is 141 cm³/mol. The molecule has 8 nitrogen and oxygen atoms in total. The summed E-state index contributed by atoms with van der Waals surface area (Å²) in [5.41, 5.74) is 1.92. The molecule has 10 heteroatoms. The number of hydrogen-bond donors (Lipinski definition) is 3. The van der Waals surface area contributed by atoms with E-state index in [1.165, 1.54) is 6.92 Å². The average molecular weight is 528 g/mol. The van der Waals surface area contributed by atoms with Crippen LogP contribution in [-0.4, -0.2) is 80.3 Å². The molecule has 2 fully saturated rings. The van der Waals surface area contributed by atoms with Gasteiger partial charge < -0.3 is 20.3 Å². The summed E-state index contributed by atoms with van der Waals surface area (Å²) in [6.45, 7) is 7.63. The second-order valence-corrected chi connectivity index (χ2v) is 10.9. The quantitative estimate of drug-likeness (QED) is 0.445. The third-order valence-electron chi connectivity index (χ3n) is 7.57. The second-order valence-electron chi connectivity index (χ2n) is 10.9. The molecular weight excluding hydrogens is 492 g/mol. The van der Waals surface area contributed by atoms with Crippen molar-refractivity contribution < 1.29 is 23.7 Å². The van der Waals surface area contributed by atoms with Gasteiger partial charge in [0.05, 0.1) is 36.6 Å². The van der Waals surface area contributed by atoms with Gasteiger partial charge in [-0.15, -0.1) is 0 Å². The van der Waals surface area contributed by atoms with E-state index < -0.39 is 23.7 Å². The lowest BCUT2D eigenvalue weighted by Crippen LogP contribution is -2.52. The molecule has 2 aliphatic rings. The van der Waals surface area contributed by atoms with Crippen LogP contribution < -0.4 is 5.32 Å². The molecule has 3 N–H and O–H groups in total. The van der Waals surface area contributed by atoms with Crippen molar-refractivity contribution in [2.45, 2.75) is 70.0 Å². The van der Waals surface area contributed by atoms with E-state index in [-0.39, 0.29) is 36.8 Å². The smallest absolute Gasteiger partial charge is 0.223 e. The summed E-state index contributed by atoms with van der Waals surface area (Å²) < 4.78 is 35.1. The average Bonchev–Trinajstić information content (AvgIpc) is 2.88. The molecule has 0 aliphatic carbocycles. The molecule has 3 aromatic rings. The standard InChI is InChI=1S/C28H35F2N5O3/c1-16(2)25-18(13-35-8-6-24(37)28(3,30)15-35)11-31-21-5-4-17(10-19(21)25)26-20(29)12-32-27(34-26)33-22-7-9-38-14-23(22)36/h4-5,10-12,16,22-24,36-37H,6-9,13-15H2,1-3H3,(H,32,33,34)/t22-,23-,24-,28-/m1/s1. The van der Waals surface area contributed by atoms with E-state index in [0.29, 0.717) is 38.1 Å². The van der Waals surface area contributed by atoms with Crippen LogP contribution in [0.15, 0.2) is 30.6 Å². The van der Waals surface area contributed by atoms with Gasteiger partial charge in [0.15, 0.2) is 5.82 Å². The van der Waals surface area contributed by atoms with Crippen LogP contribution in [-0.2, 0) is 11.3 Å². The molecule has 0 bridgehead atoms. The van der Waals surface area contributed by atoms with Crippen molar-refractivity contribution in [3.05, 3.63) is 47.5 Å². The van der Waals surface area contributed by atoms with Gasteiger partial charge in [0.2, 0.25) is 5.95 Å². The molecule has 204 valence electrons. The van der Waals surface area contributed by atoms with Crippen molar-refractivity contribution in [2.24, 2.45) is 0 Å². The lowest BCUT2D eigenvalue weighted by Gasteiger charge is -2.39. The number of ether oxygens (including phenoxy) is 1. The van der Waals surface area contributed by atoms with Crippen molar-refractivity contribution in [1.29, 1.82) is 0 Å². The van der Waals surface area contributed by atoms with Crippen LogP contribution in [0.3, 0.4) is 0 Å². The number of fused-ring (bicyclic) bond motifs is 1. The second kappa shape index (κ2) is 10.8. The minimum atomic E-state index is -1.66. The van der Waals surface area contributed by atoms with Gasteiger partial charge in [0.25, 0.3) is 0 Å². The zero-order chi connectivity index (χ0) is 27.0. The fourth-order valence-electron chi connectivity index (χ4n) is 5.51. The number of hydrogen-bond acceptors (Lipinski definition) is 8. The van der Waals surface area contributed by atoms with E-state index >= 15 is 0 Å². The Hall–Kier alpha value is -2.79. The maximum absolute atomic E-state index is 15.0. The SMILES string of the molecule is CC(C)c1c(CN2CC[C@@H](O)[C@](C)(F)C2)cnc2ccc(-c3nc(N[C@@H]4CCOC[C@H]4O)ncc3F)cc12. The third kappa shape index (κ3) is 5.49. The number of likely N-dealkylation sites (tertiary alicyclic amines) is 1. The summed E-state index contributed by atoms with van der Waals surface area (Å²) in [4.78, 5) is 15.2. The van der Waals surface area contributed by atoms with Crippen LogP contribution in [0.1, 0.15) is 50.7 Å². The molecule has 2 saturated heterocycles. The van der Waals surface area contributed by atoms with Gasteiger partial charge >= 0.3 is 0 Å². The number of nitrogens with one attached hydrogen (secondary N) is 1. The van der Waals surface area contributed by atoms with Crippen molar-refractivity contribution in [1.82, 2.24) is 19.9 Å². The van der Waals surface area contributed by atoms with Crippen LogP contribution in [0, 0.1) is 5.82 Å². The predicted octanol–water partition coefficient (Wildman–Crippen LogP) is 3.81. The fourth-order valence-corrected chi connectivity index (χ4v) is 5.51. The third-order valence-corrected chi connectivity index (χ3v) is 7.57. The van der Waals surface area contributed by atoms with Crippen LogP contribution in [0.5, 0.6) is 0 Å². The van der Waals surface area contributed by atoms with Crippen molar-refractivity contribution in [2.75, 3.05) is 31.6 Å². The highest BCUT2D eigenvalue weighted by molar-refractivity contribution is 5.88. The van der Waals surface area contributed by atoms with E-state index in [9.17, 15) is 19.0 Å². The van der Waals surface area contributed by atoms with E-state index in [0.717, 1.165) is 28.2 Å². The first-order chi connectivity index (χ1) is 18.1. The first-order valence-electron chi connectivity index (χ1n) is 13.2. The Morgan fingerprint density at radius 1 is 1.21 bits per heavy atom. The molecule has 38 heavy (non-hydrogen) atoms. The zero-order valence-electron chi connectivity index (χ0n) is 22.0. The van der Waals surface area contributed by atoms with Crippen molar-refractivity contribution in [3.8, 4) is 11.3 Å². The number of halogens is 2. The minimum Gasteiger partial charge on any atom is -0.390 e. The molecule has 0 unspecified atom stereocenters. The Bertz CT molecular complexity index is 1300. The number of rotatable bonds is 6. The highest BCUT2D eigenvalue weighted by Crippen LogP contribution is 2.34. The van der Waals surface area contributed by atoms with Crippen molar-refractivity contribution >= 4 is 16.9 Å². The van der Waals surface area contributed by atoms with Gasteiger partial charge in [-0.3, -0.25) is 9.88 Å². The molecule has 2 aliphatic heterocycles. The van der Waals surface area contributed by atoms with E-state index in [1.807, 2.05) is 23.2 Å². The minimum absolute atomic E-state index is 0.139. The van der Waals surface area contributed by atoms with Gasteiger partial charge in [0.1, 0.15) is 11.4 Å². The lowest BCUT2D eigenvalue weighted by atomic mass is 9.90. The Balaban J connectivity index is 1.48. The molecule has 2 aromatic heterocycles. The molecule has 5 rings (SSSR count). The monoisotopic (exact) mass is 527 g/mol. The number of aromatic nitrogens is 3. The van der Waals surface area contributed by atoms with Gasteiger partial charge in [-0.1, -0.05) is 19.9 Å². The van der Waals surface area contributed by atoms with Gasteiger partial charge in [-0.05, 0) is 48.9 Å². The van der Waals surface area contributed by atoms with E-state index in [4.69, 9.17) is 4.74 Å². The Labute approximate surface area is 221 Å². The first kappa shape index (κ1) is 26.8. The summed E-state index contributed by atoms with van der Waals surface area (Å²) in [5.74, 6) is -0.169. The number of benzene rings is 1. The largest absolute Gasteiger partial charge is 0.390 e. The number of piperidine rings is 1. The Morgan fingerprint density at radius 2 is 2.03 bits per heavy atom. The Kier molecular flexibility index (Phi) is 7.59. The summed E-state index contributed by atoms with van der Waals surface area (Å²) in [5, 5.41) is 24.2. The van der Waals surface area contributed by atoms with Gasteiger partial charge in [-0.2, -0.15) is 0 Å². The maximum atomic E-state index is 15.0. The molecule has 0 spiro atoms. The molecule has 0 amide bonds. The van der Waals surface area contributed by atoms with Crippen molar-refractivity contribution in [3.63, 3.8) is 0 Å². The topological polar surface area (TPSA) is 104 Å². The summed E-state index contributed by atoms with van der Waals surface area (Å²) in [6.07, 6.45) is 2.29. The molecule has 0 radical (unpaired) electrons. The molecular formula is C28H35F2N5O3. The fraction of sp³-hybridized carbons (Fsp3) is 0.536. The summed E-state index contributed by atoms with van der Waals surface area (Å²) >= 11 is 0. The van der Waals surface area contributed by atoms with Gasteiger partial charge in [-0.25, -0.2) is 18.7 Å². The zero-order valence-corrected chi connectivity index (χ0v) is 22.0. The Morgan fingerprint density at radius 3 is 2.76 bits per heavy atom. The highest BCUT2D eigenvalue weighted by Gasteiger charge is 2.39. The van der Waals surface area contributed by atoms with E-state index in [2.05, 4.69) is 34.1 Å².